The van der Waals surface area contributed by atoms with Crippen LogP contribution in [0.4, 0.5) is 5.82 Å². The molecule has 31 heavy (non-hydrogen) atoms. The quantitative estimate of drug-likeness (QED) is 0.617. The van der Waals surface area contributed by atoms with Crippen molar-refractivity contribution in [3.63, 3.8) is 0 Å². The number of anilines is 1. The monoisotopic (exact) mass is 437 g/mol. The number of Topliss-reactive ketones (excluding diaryl/α,β-unsaturated/α-hetero) is 1. The number of sulfonamides is 1. The minimum atomic E-state index is -3.66. The number of amides is 1. The second-order valence-corrected chi connectivity index (χ2v) is 9.58. The van der Waals surface area contributed by atoms with Gasteiger partial charge in [0, 0.05) is 30.0 Å². The Hall–Kier alpha value is -3.10. The standard InChI is InChI=1S/C23H23N3O4S/c1-16(27)17-6-9-20(10-7-17)31(29,30)26-14-12-19(13-15-26)23(28)25-22-11-8-18-4-2-3-5-21(18)24-22/h2-11,19H,12-15H2,1H3,(H,24,25,28). The smallest absolute Gasteiger partial charge is 0.243 e. The Labute approximate surface area is 181 Å². The van der Waals surface area contributed by atoms with Crippen molar-refractivity contribution in [2.45, 2.75) is 24.7 Å². The van der Waals surface area contributed by atoms with E-state index in [4.69, 9.17) is 0 Å². The summed E-state index contributed by atoms with van der Waals surface area (Å²) in [6.45, 7) is 1.97. The zero-order valence-corrected chi connectivity index (χ0v) is 17.9. The first kappa shape index (κ1) is 21.1. The second-order valence-electron chi connectivity index (χ2n) is 7.64. The lowest BCUT2D eigenvalue weighted by Crippen LogP contribution is -2.41. The lowest BCUT2D eigenvalue weighted by molar-refractivity contribution is -0.120. The number of hydrogen-bond donors (Lipinski definition) is 1. The fraction of sp³-hybridized carbons (Fsp3) is 0.261. The number of rotatable bonds is 5. The predicted molar refractivity (Wildman–Crippen MR) is 118 cm³/mol. The van der Waals surface area contributed by atoms with E-state index in [-0.39, 0.29) is 35.6 Å². The molecule has 4 rings (SSSR count). The highest BCUT2D eigenvalue weighted by Crippen LogP contribution is 2.25. The summed E-state index contributed by atoms with van der Waals surface area (Å²) in [5.41, 5.74) is 1.27. The van der Waals surface area contributed by atoms with Crippen LogP contribution in [0, 0.1) is 5.92 Å². The van der Waals surface area contributed by atoms with Gasteiger partial charge in [-0.05, 0) is 50.1 Å². The zero-order valence-electron chi connectivity index (χ0n) is 17.1. The molecule has 160 valence electrons. The highest BCUT2D eigenvalue weighted by molar-refractivity contribution is 7.89. The van der Waals surface area contributed by atoms with Crippen LogP contribution in [-0.4, -0.2) is 42.5 Å². The summed E-state index contributed by atoms with van der Waals surface area (Å²) < 4.78 is 27.2. The number of fused-ring (bicyclic) bond motifs is 1. The van der Waals surface area contributed by atoms with E-state index in [9.17, 15) is 18.0 Å². The Balaban J connectivity index is 1.39. The van der Waals surface area contributed by atoms with Crippen molar-refractivity contribution in [3.05, 3.63) is 66.2 Å². The van der Waals surface area contributed by atoms with Gasteiger partial charge < -0.3 is 5.32 Å². The van der Waals surface area contributed by atoms with E-state index in [2.05, 4.69) is 10.3 Å². The van der Waals surface area contributed by atoms with Gasteiger partial charge in [-0.2, -0.15) is 4.31 Å². The van der Waals surface area contributed by atoms with Gasteiger partial charge in [-0.25, -0.2) is 13.4 Å². The van der Waals surface area contributed by atoms with Crippen LogP contribution in [0.2, 0.25) is 0 Å². The summed E-state index contributed by atoms with van der Waals surface area (Å²) in [7, 11) is -3.66. The second kappa shape index (κ2) is 8.56. The van der Waals surface area contributed by atoms with Gasteiger partial charge in [0.25, 0.3) is 0 Å². The van der Waals surface area contributed by atoms with Crippen LogP contribution in [0.5, 0.6) is 0 Å². The molecule has 1 saturated heterocycles. The zero-order chi connectivity index (χ0) is 22.0. The average Bonchev–Trinajstić information content (AvgIpc) is 2.79. The third-order valence-corrected chi connectivity index (χ3v) is 7.49. The fourth-order valence-electron chi connectivity index (χ4n) is 3.73. The van der Waals surface area contributed by atoms with E-state index in [0.29, 0.717) is 24.2 Å². The molecule has 3 aromatic rings. The maximum Gasteiger partial charge on any atom is 0.243 e. The third-order valence-electron chi connectivity index (χ3n) is 5.57. The number of para-hydroxylation sites is 1. The largest absolute Gasteiger partial charge is 0.310 e. The van der Waals surface area contributed by atoms with Crippen molar-refractivity contribution in [1.82, 2.24) is 9.29 Å². The van der Waals surface area contributed by atoms with Crippen LogP contribution < -0.4 is 5.32 Å². The maximum absolute atomic E-state index is 12.9. The molecular weight excluding hydrogens is 414 g/mol. The van der Waals surface area contributed by atoms with Gasteiger partial charge in [0.1, 0.15) is 5.82 Å². The molecule has 1 fully saturated rings. The Morgan fingerprint density at radius 3 is 2.32 bits per heavy atom. The van der Waals surface area contributed by atoms with Crippen molar-refractivity contribution in [1.29, 1.82) is 0 Å². The number of piperidine rings is 1. The van der Waals surface area contributed by atoms with Gasteiger partial charge >= 0.3 is 0 Å². The number of nitrogens with one attached hydrogen (secondary N) is 1. The molecule has 0 radical (unpaired) electrons. The van der Waals surface area contributed by atoms with Gasteiger partial charge in [0.15, 0.2) is 5.78 Å². The molecular formula is C23H23N3O4S. The Morgan fingerprint density at radius 2 is 1.65 bits per heavy atom. The highest BCUT2D eigenvalue weighted by Gasteiger charge is 2.32. The summed E-state index contributed by atoms with van der Waals surface area (Å²) in [5.74, 6) is -0.0496. The minimum Gasteiger partial charge on any atom is -0.310 e. The Kier molecular flexibility index (Phi) is 5.84. The molecule has 0 atom stereocenters. The van der Waals surface area contributed by atoms with Crippen molar-refractivity contribution in [3.8, 4) is 0 Å². The Bertz CT molecular complexity index is 1230. The van der Waals surface area contributed by atoms with Gasteiger partial charge in [0.05, 0.1) is 10.4 Å². The van der Waals surface area contributed by atoms with Gasteiger partial charge in [-0.3, -0.25) is 9.59 Å². The van der Waals surface area contributed by atoms with Gasteiger partial charge in [0.2, 0.25) is 15.9 Å². The maximum atomic E-state index is 12.9. The number of nitrogens with zero attached hydrogens (tertiary/aromatic N) is 2. The molecule has 0 aliphatic carbocycles. The molecule has 0 unspecified atom stereocenters. The van der Waals surface area contributed by atoms with E-state index >= 15 is 0 Å². The molecule has 1 aromatic heterocycles. The van der Waals surface area contributed by atoms with Crippen LogP contribution in [0.3, 0.4) is 0 Å². The number of carbonyl (C=O) groups is 2. The van der Waals surface area contributed by atoms with Crippen LogP contribution in [0.1, 0.15) is 30.1 Å². The SMILES string of the molecule is CC(=O)c1ccc(S(=O)(=O)N2CCC(C(=O)Nc3ccc4ccccc4n3)CC2)cc1. The molecule has 0 spiro atoms. The first-order chi connectivity index (χ1) is 14.8. The number of hydrogen-bond acceptors (Lipinski definition) is 5. The van der Waals surface area contributed by atoms with E-state index in [1.807, 2.05) is 30.3 Å². The number of benzene rings is 2. The topological polar surface area (TPSA) is 96.4 Å². The third kappa shape index (κ3) is 4.50. The van der Waals surface area contributed by atoms with Crippen LogP contribution in [0.25, 0.3) is 10.9 Å². The summed E-state index contributed by atoms with van der Waals surface area (Å²) >= 11 is 0. The molecule has 8 heteroatoms. The first-order valence-corrected chi connectivity index (χ1v) is 11.6. The summed E-state index contributed by atoms with van der Waals surface area (Å²) in [5, 5.41) is 3.85. The van der Waals surface area contributed by atoms with Crippen LogP contribution in [0.15, 0.2) is 65.6 Å². The van der Waals surface area contributed by atoms with E-state index < -0.39 is 10.0 Å². The molecule has 0 saturated carbocycles. The number of ketones is 1. The Morgan fingerprint density at radius 1 is 0.968 bits per heavy atom. The van der Waals surface area contributed by atoms with Crippen LogP contribution >= 0.6 is 0 Å². The average molecular weight is 438 g/mol. The molecule has 2 heterocycles. The normalized spacial score (nSPS) is 15.6. The predicted octanol–water partition coefficient (Wildman–Crippen LogP) is 3.48. The summed E-state index contributed by atoms with van der Waals surface area (Å²) in [4.78, 5) is 28.7. The number of pyridine rings is 1. The summed E-state index contributed by atoms with van der Waals surface area (Å²) in [6, 6.07) is 17.3. The lowest BCUT2D eigenvalue weighted by atomic mass is 9.97. The molecule has 7 nitrogen and oxygen atoms in total. The van der Waals surface area contributed by atoms with Crippen molar-refractivity contribution >= 4 is 38.4 Å². The van der Waals surface area contributed by atoms with E-state index in [1.165, 1.54) is 35.5 Å². The van der Waals surface area contributed by atoms with Gasteiger partial charge in [-0.15, -0.1) is 0 Å². The highest BCUT2D eigenvalue weighted by atomic mass is 32.2. The van der Waals surface area contributed by atoms with Crippen molar-refractivity contribution < 1.29 is 18.0 Å². The van der Waals surface area contributed by atoms with E-state index in [0.717, 1.165) is 10.9 Å². The van der Waals surface area contributed by atoms with Crippen LogP contribution in [-0.2, 0) is 14.8 Å². The molecule has 1 aliphatic heterocycles. The lowest BCUT2D eigenvalue weighted by Gasteiger charge is -2.30. The molecule has 2 aromatic carbocycles. The molecule has 1 N–H and O–H groups in total. The molecule has 0 bridgehead atoms. The van der Waals surface area contributed by atoms with Gasteiger partial charge in [-0.1, -0.05) is 30.3 Å². The number of aromatic nitrogens is 1. The fourth-order valence-corrected chi connectivity index (χ4v) is 5.20. The molecule has 1 amide bonds. The van der Waals surface area contributed by atoms with Crippen molar-refractivity contribution in [2.75, 3.05) is 18.4 Å². The molecule has 1 aliphatic rings. The van der Waals surface area contributed by atoms with Crippen molar-refractivity contribution in [2.24, 2.45) is 5.92 Å². The minimum absolute atomic E-state index is 0.114. The first-order valence-electron chi connectivity index (χ1n) is 10.1. The number of carbonyl (C=O) groups excluding carboxylic acids is 2. The van der Waals surface area contributed by atoms with E-state index in [1.54, 1.807) is 6.07 Å². The summed E-state index contributed by atoms with van der Waals surface area (Å²) in [6.07, 6.45) is 0.869.